The lowest BCUT2D eigenvalue weighted by atomic mass is 10.2. The fraction of sp³-hybridized carbons (Fsp3) is 0.750. The van der Waals surface area contributed by atoms with E-state index in [1.54, 1.807) is 14.1 Å². The molecule has 1 atom stereocenters. The number of nitrogens with zero attached hydrogens (tertiary/aromatic N) is 1. The van der Waals surface area contributed by atoms with Crippen LogP contribution in [0.2, 0.25) is 0 Å². The summed E-state index contributed by atoms with van der Waals surface area (Å²) in [5.74, 6) is -1.92. The molecule has 0 amide bonds. The summed E-state index contributed by atoms with van der Waals surface area (Å²) < 4.78 is 11.2. The van der Waals surface area contributed by atoms with Crippen LogP contribution in [0.5, 0.6) is 0 Å². The van der Waals surface area contributed by atoms with Crippen LogP contribution in [0.15, 0.2) is 0 Å². The van der Waals surface area contributed by atoms with Crippen molar-refractivity contribution in [2.75, 3.05) is 27.2 Å². The third-order valence-corrected chi connectivity index (χ3v) is 3.99. The number of halogens is 1. The van der Waals surface area contributed by atoms with E-state index < -0.39 is 25.3 Å². The zero-order valence-corrected chi connectivity index (χ0v) is 12.5. The van der Waals surface area contributed by atoms with Gasteiger partial charge < -0.3 is 36.9 Å². The maximum absolute atomic E-state index is 11.0. The molecular weight excluding hydrogens is 305 g/mol. The van der Waals surface area contributed by atoms with Crippen molar-refractivity contribution in [3.8, 4) is 0 Å². The van der Waals surface area contributed by atoms with Gasteiger partial charge in [0.25, 0.3) is 5.34 Å². The number of carboxylic acid groups (broad SMARTS) is 1. The molecule has 7 nitrogen and oxygen atoms in total. The summed E-state index contributed by atoms with van der Waals surface area (Å²) in [6.07, 6.45) is -0.553. The Kier molecular flexibility index (Phi) is 7.77. The Morgan fingerprint density at radius 3 is 2.17 bits per heavy atom. The van der Waals surface area contributed by atoms with Gasteiger partial charge in [0.15, 0.2) is 0 Å². The van der Waals surface area contributed by atoms with E-state index in [2.05, 4.69) is 12.2 Å². The Bertz CT molecular complexity index is 359. The minimum Gasteiger partial charge on any atom is -1.00 e. The minimum absolute atomic E-state index is 0. The fourth-order valence-electron chi connectivity index (χ4n) is 1.13. The summed E-state index contributed by atoms with van der Waals surface area (Å²) in [6, 6.07) is 0. The molecule has 0 aromatic carbocycles. The van der Waals surface area contributed by atoms with Crippen molar-refractivity contribution in [3.05, 3.63) is 0 Å². The van der Waals surface area contributed by atoms with Gasteiger partial charge in [-0.3, -0.25) is 4.57 Å². The van der Waals surface area contributed by atoms with Crippen molar-refractivity contribution in [1.29, 1.82) is 0 Å². The second kappa shape index (κ2) is 6.91. The molecule has 0 aliphatic carbocycles. The topological polar surface area (TPSA) is 115 Å². The van der Waals surface area contributed by atoms with E-state index in [4.69, 9.17) is 14.9 Å². The minimum atomic E-state index is -5.14. The fourth-order valence-corrected chi connectivity index (χ4v) is 2.17. The Morgan fingerprint density at radius 1 is 1.44 bits per heavy atom. The Balaban J connectivity index is 0. The van der Waals surface area contributed by atoms with Gasteiger partial charge in [-0.2, -0.15) is 0 Å². The molecule has 0 aromatic heterocycles. The van der Waals surface area contributed by atoms with Gasteiger partial charge in [-0.25, -0.2) is 4.79 Å². The molecule has 0 fully saturated rings. The van der Waals surface area contributed by atoms with E-state index in [-0.39, 0.29) is 23.4 Å². The van der Waals surface area contributed by atoms with Crippen molar-refractivity contribution >= 4 is 31.2 Å². The van der Waals surface area contributed by atoms with E-state index in [1.807, 2.05) is 0 Å². The van der Waals surface area contributed by atoms with Gasteiger partial charge in [-0.05, 0) is 0 Å². The molecule has 0 rings (SSSR count). The first kappa shape index (κ1) is 20.2. The van der Waals surface area contributed by atoms with Crippen LogP contribution in [0, 0.1) is 0 Å². The van der Waals surface area contributed by atoms with E-state index in [0.717, 1.165) is 0 Å². The van der Waals surface area contributed by atoms with Gasteiger partial charge in [-0.15, -0.1) is 0 Å². The highest BCUT2D eigenvalue weighted by molar-refractivity contribution is 7.79. The molecule has 0 saturated heterocycles. The number of aliphatic carboxylic acids is 1. The van der Waals surface area contributed by atoms with Gasteiger partial charge in [0.2, 0.25) is 0 Å². The van der Waals surface area contributed by atoms with Crippen molar-refractivity contribution < 1.29 is 46.2 Å². The normalized spacial score (nSPS) is 15.4. The van der Waals surface area contributed by atoms with Gasteiger partial charge in [0.1, 0.15) is 6.54 Å². The summed E-state index contributed by atoms with van der Waals surface area (Å²) in [5, 5.41) is 16.7. The Hall–Kier alpha value is -0.0800. The lowest BCUT2D eigenvalue weighted by Gasteiger charge is -2.32. The first-order valence-corrected chi connectivity index (χ1v) is 6.82. The average molecular weight is 322 g/mol. The lowest BCUT2D eigenvalue weighted by molar-refractivity contribution is -0.881. The number of hydrogen-bond donors (Lipinski definition) is 4. The molecule has 0 saturated carbocycles. The molecule has 0 radical (unpaired) electrons. The van der Waals surface area contributed by atoms with E-state index in [1.165, 1.54) is 5.37 Å². The third kappa shape index (κ3) is 5.27. The van der Waals surface area contributed by atoms with Gasteiger partial charge >= 0.3 is 13.6 Å². The SMILES string of the molecule is C[N+](C)(CC=S)CCC(O)(C(=O)O)P(=O)(O)O.[Cl-]. The molecule has 18 heavy (non-hydrogen) atoms. The van der Waals surface area contributed by atoms with Gasteiger partial charge in [0, 0.05) is 11.8 Å². The molecule has 0 heterocycles. The van der Waals surface area contributed by atoms with Crippen molar-refractivity contribution in [2.45, 2.75) is 11.8 Å². The lowest BCUT2D eigenvalue weighted by Crippen LogP contribution is -3.00. The van der Waals surface area contributed by atoms with E-state index in [9.17, 15) is 14.5 Å². The zero-order valence-electron chi connectivity index (χ0n) is 9.98. The summed E-state index contributed by atoms with van der Waals surface area (Å²) >= 11 is 4.66. The number of quaternary nitrogens is 1. The van der Waals surface area contributed by atoms with Crippen LogP contribution < -0.4 is 12.4 Å². The molecule has 0 spiro atoms. The van der Waals surface area contributed by atoms with Crippen molar-refractivity contribution in [1.82, 2.24) is 0 Å². The van der Waals surface area contributed by atoms with Crippen molar-refractivity contribution in [2.24, 2.45) is 0 Å². The Morgan fingerprint density at radius 2 is 1.89 bits per heavy atom. The number of thiocarbonyl (C=S) groups is 1. The van der Waals surface area contributed by atoms with Crippen LogP contribution in [0.1, 0.15) is 6.42 Å². The standard InChI is InChI=1S/C8H16NO6PS.ClH/c1-9(2,5-6-17)4-3-8(12,7(10)11)16(13,14)15;/h6,12H,3-5H2,1-2H3,(H2-,10,11,13,14,15);1H. The van der Waals surface area contributed by atoms with Crippen LogP contribution in [-0.4, -0.2) is 68.3 Å². The van der Waals surface area contributed by atoms with Crippen LogP contribution in [0.25, 0.3) is 0 Å². The number of rotatable bonds is 7. The Labute approximate surface area is 117 Å². The molecule has 1 unspecified atom stereocenters. The average Bonchev–Trinajstić information content (AvgIpc) is 2.12. The number of hydrogen-bond acceptors (Lipinski definition) is 4. The van der Waals surface area contributed by atoms with Crippen LogP contribution >= 0.6 is 19.8 Å². The second-order valence-corrected chi connectivity index (χ2v) is 6.59. The summed E-state index contributed by atoms with van der Waals surface area (Å²) in [5.41, 5.74) is 0. The molecule has 0 aromatic rings. The predicted octanol–water partition coefficient (Wildman–Crippen LogP) is -3.59. The number of carboxylic acids is 1. The quantitative estimate of drug-likeness (QED) is 0.218. The smallest absolute Gasteiger partial charge is 0.368 e. The van der Waals surface area contributed by atoms with Crippen LogP contribution in [0.3, 0.4) is 0 Å². The highest BCUT2D eigenvalue weighted by Crippen LogP contribution is 2.51. The molecule has 0 aliphatic heterocycles. The monoisotopic (exact) mass is 321 g/mol. The maximum atomic E-state index is 11.0. The molecule has 10 heteroatoms. The second-order valence-electron chi connectivity index (χ2n) is 4.42. The first-order valence-electron chi connectivity index (χ1n) is 4.73. The third-order valence-electron chi connectivity index (χ3n) is 2.46. The van der Waals surface area contributed by atoms with Gasteiger partial charge in [-0.1, -0.05) is 12.2 Å². The van der Waals surface area contributed by atoms with Crippen LogP contribution in [0.4, 0.5) is 0 Å². The molecule has 4 N–H and O–H groups in total. The highest BCUT2D eigenvalue weighted by Gasteiger charge is 2.53. The molecule has 0 aliphatic rings. The van der Waals surface area contributed by atoms with E-state index >= 15 is 0 Å². The predicted molar refractivity (Wildman–Crippen MR) is 64.7 cm³/mol. The van der Waals surface area contributed by atoms with Gasteiger partial charge in [0.05, 0.1) is 20.6 Å². The molecule has 0 bridgehead atoms. The number of carbonyl (C=O) groups is 1. The number of aliphatic hydroxyl groups is 1. The van der Waals surface area contributed by atoms with Crippen molar-refractivity contribution in [3.63, 3.8) is 0 Å². The van der Waals surface area contributed by atoms with Crippen LogP contribution in [-0.2, 0) is 9.36 Å². The summed E-state index contributed by atoms with van der Waals surface area (Å²) in [6.45, 7) is 0.493. The highest BCUT2D eigenvalue weighted by atomic mass is 35.5. The largest absolute Gasteiger partial charge is 1.00 e. The summed E-state index contributed by atoms with van der Waals surface area (Å²) in [4.78, 5) is 28.5. The maximum Gasteiger partial charge on any atom is 0.368 e. The molecule has 108 valence electrons. The molecular formula is C8H17ClNO6PS. The zero-order chi connectivity index (χ0) is 13.9. The van der Waals surface area contributed by atoms with E-state index in [0.29, 0.717) is 6.54 Å². The first-order chi connectivity index (χ1) is 7.46. The summed E-state index contributed by atoms with van der Waals surface area (Å²) in [7, 11) is -1.71.